The quantitative estimate of drug-likeness (QED) is 0.338. The second-order valence-corrected chi connectivity index (χ2v) is 9.65. The average molecular weight is 534 g/mol. The molecule has 3 aromatic rings. The molecule has 2 aromatic heterocycles. The molecule has 1 amide bonds. The van der Waals surface area contributed by atoms with Crippen LogP contribution >= 0.6 is 22.9 Å². The molecule has 0 spiro atoms. The SMILES string of the molecule is CC(C)C(O)c1cc(C(=O)Nc2nc(CC(=O)O)c(Cl)s2)n(Cc2ccc(F)c(C(F)(F)F)c2)c1. The second-order valence-electron chi connectivity index (χ2n) is 8.05. The molecule has 3 rings (SSSR count). The fourth-order valence-electron chi connectivity index (χ4n) is 3.29. The number of alkyl halides is 3. The van der Waals surface area contributed by atoms with Gasteiger partial charge in [-0.1, -0.05) is 42.9 Å². The number of aliphatic hydroxyl groups excluding tert-OH is 1. The number of aromatic nitrogens is 2. The normalized spacial score (nSPS) is 12.7. The van der Waals surface area contributed by atoms with Crippen molar-refractivity contribution in [1.82, 2.24) is 9.55 Å². The summed E-state index contributed by atoms with van der Waals surface area (Å²) >= 11 is 6.83. The van der Waals surface area contributed by atoms with Crippen molar-refractivity contribution in [2.75, 3.05) is 5.32 Å². The van der Waals surface area contributed by atoms with Crippen molar-refractivity contribution in [2.24, 2.45) is 5.92 Å². The van der Waals surface area contributed by atoms with Gasteiger partial charge in [0.2, 0.25) is 0 Å². The Bertz CT molecular complexity index is 1260. The Balaban J connectivity index is 1.95. The van der Waals surface area contributed by atoms with Crippen molar-refractivity contribution < 1.29 is 37.4 Å². The summed E-state index contributed by atoms with van der Waals surface area (Å²) in [5.74, 6) is -3.51. The molecule has 1 atom stereocenters. The first kappa shape index (κ1) is 26.6. The van der Waals surface area contributed by atoms with Crippen molar-refractivity contribution in [3.05, 3.63) is 68.7 Å². The lowest BCUT2D eigenvalue weighted by Crippen LogP contribution is -2.17. The number of halogens is 5. The van der Waals surface area contributed by atoms with E-state index in [1.807, 2.05) is 0 Å². The van der Waals surface area contributed by atoms with Gasteiger partial charge in [-0.25, -0.2) is 9.37 Å². The lowest BCUT2D eigenvalue weighted by molar-refractivity contribution is -0.140. The Morgan fingerprint density at radius 1 is 1.26 bits per heavy atom. The van der Waals surface area contributed by atoms with Gasteiger partial charge in [-0.3, -0.25) is 14.9 Å². The molecule has 0 saturated heterocycles. The van der Waals surface area contributed by atoms with E-state index in [9.17, 15) is 32.3 Å². The molecule has 0 aliphatic rings. The zero-order valence-corrected chi connectivity index (χ0v) is 19.9. The molecule has 13 heteroatoms. The van der Waals surface area contributed by atoms with Crippen LogP contribution in [0.2, 0.25) is 4.34 Å². The number of rotatable bonds is 8. The molecular formula is C22H20ClF4N3O4S. The van der Waals surface area contributed by atoms with Crippen molar-refractivity contribution in [1.29, 1.82) is 0 Å². The Kier molecular flexibility index (Phi) is 7.87. The van der Waals surface area contributed by atoms with Crippen molar-refractivity contribution >= 4 is 39.9 Å². The minimum absolute atomic E-state index is 0.0105. The maximum Gasteiger partial charge on any atom is 0.419 e. The molecule has 3 N–H and O–H groups in total. The highest BCUT2D eigenvalue weighted by molar-refractivity contribution is 7.19. The van der Waals surface area contributed by atoms with Gasteiger partial charge >= 0.3 is 12.1 Å². The number of nitrogens with one attached hydrogen (secondary N) is 1. The number of nitrogens with zero attached hydrogens (tertiary/aromatic N) is 2. The van der Waals surface area contributed by atoms with Gasteiger partial charge in [0.25, 0.3) is 5.91 Å². The Labute approximate surface area is 206 Å². The summed E-state index contributed by atoms with van der Waals surface area (Å²) in [6.07, 6.45) is -4.87. The molecule has 188 valence electrons. The number of hydrogen-bond donors (Lipinski definition) is 3. The van der Waals surface area contributed by atoms with Crippen LogP contribution in [0.1, 0.15) is 52.8 Å². The first-order chi connectivity index (χ1) is 16.3. The first-order valence-corrected chi connectivity index (χ1v) is 11.4. The molecule has 1 aromatic carbocycles. The van der Waals surface area contributed by atoms with E-state index in [1.54, 1.807) is 13.8 Å². The van der Waals surface area contributed by atoms with E-state index in [4.69, 9.17) is 16.7 Å². The zero-order valence-electron chi connectivity index (χ0n) is 18.4. The minimum Gasteiger partial charge on any atom is -0.481 e. The first-order valence-electron chi connectivity index (χ1n) is 10.2. The van der Waals surface area contributed by atoms with Gasteiger partial charge in [0.05, 0.1) is 23.8 Å². The predicted octanol–water partition coefficient (Wildman–Crippen LogP) is 5.37. The van der Waals surface area contributed by atoms with Crippen LogP contribution in [0, 0.1) is 11.7 Å². The number of amides is 1. The van der Waals surface area contributed by atoms with Crippen LogP contribution < -0.4 is 5.32 Å². The van der Waals surface area contributed by atoms with Gasteiger partial charge in [-0.05, 0) is 35.2 Å². The minimum atomic E-state index is -4.90. The molecule has 0 bridgehead atoms. The fraction of sp³-hybridized carbons (Fsp3) is 0.318. The van der Waals surface area contributed by atoms with Crippen molar-refractivity contribution in [3.63, 3.8) is 0 Å². The highest BCUT2D eigenvalue weighted by Gasteiger charge is 2.34. The molecule has 0 fully saturated rings. The summed E-state index contributed by atoms with van der Waals surface area (Å²) in [6.45, 7) is 3.28. The summed E-state index contributed by atoms with van der Waals surface area (Å²) in [4.78, 5) is 27.9. The molecule has 0 aliphatic heterocycles. The Morgan fingerprint density at radius 2 is 1.94 bits per heavy atom. The van der Waals surface area contributed by atoms with Gasteiger partial charge in [-0.15, -0.1) is 0 Å². The lowest BCUT2D eigenvalue weighted by Gasteiger charge is -2.13. The maximum atomic E-state index is 13.7. The number of benzene rings is 1. The standard InChI is InChI=1S/C22H20ClF4N3O4S/c1-10(2)18(33)12-6-16(20(34)29-21-28-15(7-17(31)32)19(23)35-21)30(9-12)8-11-3-4-14(24)13(5-11)22(25,26)27/h3-6,9-10,18,33H,7-8H2,1-2H3,(H,31,32)(H,28,29,34). The van der Waals surface area contributed by atoms with E-state index in [1.165, 1.54) is 22.9 Å². The third kappa shape index (κ3) is 6.38. The van der Waals surface area contributed by atoms with Crippen LogP contribution in [-0.2, 0) is 23.9 Å². The van der Waals surface area contributed by atoms with Crippen LogP contribution in [0.5, 0.6) is 0 Å². The number of aliphatic hydroxyl groups is 1. The van der Waals surface area contributed by atoms with E-state index in [2.05, 4.69) is 10.3 Å². The maximum absolute atomic E-state index is 13.7. The molecule has 1 unspecified atom stereocenters. The van der Waals surface area contributed by atoms with Gasteiger partial charge in [0.15, 0.2) is 5.13 Å². The highest BCUT2D eigenvalue weighted by atomic mass is 35.5. The molecule has 7 nitrogen and oxygen atoms in total. The topological polar surface area (TPSA) is 104 Å². The molecule has 0 saturated carbocycles. The fourth-order valence-corrected chi connectivity index (χ4v) is 4.32. The van der Waals surface area contributed by atoms with Crippen LogP contribution in [0.4, 0.5) is 22.7 Å². The lowest BCUT2D eigenvalue weighted by atomic mass is 10.0. The van der Waals surface area contributed by atoms with E-state index in [-0.39, 0.29) is 38.9 Å². The Morgan fingerprint density at radius 3 is 2.54 bits per heavy atom. The van der Waals surface area contributed by atoms with Crippen LogP contribution in [0.15, 0.2) is 30.5 Å². The molecular weight excluding hydrogens is 514 g/mol. The van der Waals surface area contributed by atoms with Crippen molar-refractivity contribution in [2.45, 2.75) is 39.1 Å². The van der Waals surface area contributed by atoms with Gasteiger partial charge in [0.1, 0.15) is 15.8 Å². The van der Waals surface area contributed by atoms with Crippen LogP contribution in [0.3, 0.4) is 0 Å². The second kappa shape index (κ2) is 10.3. The van der Waals surface area contributed by atoms with E-state index in [0.717, 1.165) is 11.3 Å². The molecule has 2 heterocycles. The van der Waals surface area contributed by atoms with Gasteiger partial charge < -0.3 is 14.8 Å². The summed E-state index contributed by atoms with van der Waals surface area (Å²) in [7, 11) is 0. The number of aliphatic carboxylic acids is 1. The molecule has 0 radical (unpaired) electrons. The molecule has 35 heavy (non-hydrogen) atoms. The number of hydrogen-bond acceptors (Lipinski definition) is 5. The van der Waals surface area contributed by atoms with Gasteiger partial charge in [-0.2, -0.15) is 13.2 Å². The molecule has 0 aliphatic carbocycles. The van der Waals surface area contributed by atoms with Crippen molar-refractivity contribution in [3.8, 4) is 0 Å². The third-order valence-electron chi connectivity index (χ3n) is 5.00. The number of carboxylic acids is 1. The number of carbonyl (C=O) groups excluding carboxylic acids is 1. The van der Waals surface area contributed by atoms with Crippen LogP contribution in [-0.4, -0.2) is 31.6 Å². The van der Waals surface area contributed by atoms with Gasteiger partial charge in [0, 0.05) is 12.7 Å². The average Bonchev–Trinajstić information content (AvgIpc) is 3.30. The number of carbonyl (C=O) groups is 2. The summed E-state index contributed by atoms with van der Waals surface area (Å²) in [6, 6.07) is 3.92. The van der Waals surface area contributed by atoms with E-state index in [0.29, 0.717) is 17.7 Å². The van der Waals surface area contributed by atoms with E-state index < -0.39 is 42.0 Å². The number of anilines is 1. The summed E-state index contributed by atoms with van der Waals surface area (Å²) < 4.78 is 54.5. The third-order valence-corrected chi connectivity index (χ3v) is 6.25. The van der Waals surface area contributed by atoms with E-state index >= 15 is 0 Å². The largest absolute Gasteiger partial charge is 0.481 e. The Hall–Kier alpha value is -2.96. The number of carboxylic acid groups (broad SMARTS) is 1. The summed E-state index contributed by atoms with van der Waals surface area (Å²) in [5.41, 5.74) is -0.943. The monoisotopic (exact) mass is 533 g/mol. The smallest absolute Gasteiger partial charge is 0.419 e. The zero-order chi connectivity index (χ0) is 26.1. The predicted molar refractivity (Wildman–Crippen MR) is 121 cm³/mol. The van der Waals surface area contributed by atoms with Crippen LogP contribution in [0.25, 0.3) is 0 Å². The number of thiazole rings is 1. The highest BCUT2D eigenvalue weighted by Crippen LogP contribution is 2.33. The summed E-state index contributed by atoms with van der Waals surface area (Å²) in [5, 5.41) is 21.9.